The Balaban J connectivity index is 2.36. The Morgan fingerprint density at radius 2 is 1.86 bits per heavy atom. The number of rotatable bonds is 4. The van der Waals surface area contributed by atoms with Gasteiger partial charge < -0.3 is 0 Å². The van der Waals surface area contributed by atoms with Gasteiger partial charge in [0.05, 0.1) is 4.90 Å². The molecule has 2 rings (SSSR count). The van der Waals surface area contributed by atoms with E-state index in [0.717, 1.165) is 9.13 Å². The molecule has 0 radical (unpaired) electrons. The molecule has 0 heterocycles. The molecule has 0 saturated carbocycles. The van der Waals surface area contributed by atoms with E-state index in [2.05, 4.69) is 27.3 Å². The van der Waals surface area contributed by atoms with Crippen molar-refractivity contribution in [1.82, 2.24) is 0 Å². The van der Waals surface area contributed by atoms with Gasteiger partial charge in [0.1, 0.15) is 0 Å². The van der Waals surface area contributed by atoms with Gasteiger partial charge in [0, 0.05) is 14.8 Å². The standard InChI is InChI=1S/C15H14INO3S/c1-10-6-7-13(9-15(10)16)17-21(19,20)14-5-3-4-12(8-14)11(2)18/h3-9,17H,1-2H3. The van der Waals surface area contributed by atoms with E-state index in [1.807, 2.05) is 13.0 Å². The van der Waals surface area contributed by atoms with Gasteiger partial charge in [-0.1, -0.05) is 18.2 Å². The minimum atomic E-state index is -3.70. The van der Waals surface area contributed by atoms with Crippen molar-refractivity contribution in [3.8, 4) is 0 Å². The summed E-state index contributed by atoms with van der Waals surface area (Å²) in [6.45, 7) is 3.36. The summed E-state index contributed by atoms with van der Waals surface area (Å²) in [5.74, 6) is -0.170. The average Bonchev–Trinajstić information content (AvgIpc) is 2.43. The van der Waals surface area contributed by atoms with Crippen molar-refractivity contribution in [1.29, 1.82) is 0 Å². The van der Waals surface area contributed by atoms with Crippen LogP contribution in [0.25, 0.3) is 0 Å². The van der Waals surface area contributed by atoms with Gasteiger partial charge in [0.25, 0.3) is 10.0 Å². The molecule has 6 heteroatoms. The second kappa shape index (κ2) is 6.15. The van der Waals surface area contributed by atoms with Gasteiger partial charge in [-0.25, -0.2) is 8.42 Å². The second-order valence-electron chi connectivity index (χ2n) is 4.65. The van der Waals surface area contributed by atoms with E-state index in [4.69, 9.17) is 0 Å². The summed E-state index contributed by atoms with van der Waals surface area (Å²) in [5.41, 5.74) is 1.95. The molecule has 2 aromatic rings. The highest BCUT2D eigenvalue weighted by Crippen LogP contribution is 2.21. The molecule has 0 aliphatic rings. The van der Waals surface area contributed by atoms with Crippen LogP contribution in [0.5, 0.6) is 0 Å². The summed E-state index contributed by atoms with van der Waals surface area (Å²) in [7, 11) is -3.70. The van der Waals surface area contributed by atoms with Crippen LogP contribution in [0.2, 0.25) is 0 Å². The molecule has 0 aliphatic heterocycles. The normalized spacial score (nSPS) is 11.2. The van der Waals surface area contributed by atoms with E-state index in [1.165, 1.54) is 19.1 Å². The molecule has 21 heavy (non-hydrogen) atoms. The van der Waals surface area contributed by atoms with Crippen LogP contribution in [-0.2, 0) is 10.0 Å². The van der Waals surface area contributed by atoms with Crippen LogP contribution in [0.1, 0.15) is 22.8 Å². The first kappa shape index (κ1) is 16.0. The van der Waals surface area contributed by atoms with Gasteiger partial charge >= 0.3 is 0 Å². The zero-order chi connectivity index (χ0) is 15.6. The number of hydrogen-bond acceptors (Lipinski definition) is 3. The molecule has 0 aromatic heterocycles. The second-order valence-corrected chi connectivity index (χ2v) is 7.50. The maximum Gasteiger partial charge on any atom is 0.261 e. The van der Waals surface area contributed by atoms with Gasteiger partial charge in [-0.2, -0.15) is 0 Å². The molecule has 0 spiro atoms. The SMILES string of the molecule is CC(=O)c1cccc(S(=O)(=O)Nc2ccc(C)c(I)c2)c1. The monoisotopic (exact) mass is 415 g/mol. The van der Waals surface area contributed by atoms with Crippen LogP contribution in [0.4, 0.5) is 5.69 Å². The number of hydrogen-bond donors (Lipinski definition) is 1. The molecule has 110 valence electrons. The maximum atomic E-state index is 12.3. The third-order valence-electron chi connectivity index (χ3n) is 2.97. The zero-order valence-corrected chi connectivity index (χ0v) is 14.5. The highest BCUT2D eigenvalue weighted by molar-refractivity contribution is 14.1. The van der Waals surface area contributed by atoms with Crippen LogP contribution in [-0.4, -0.2) is 14.2 Å². The lowest BCUT2D eigenvalue weighted by Crippen LogP contribution is -2.13. The molecule has 0 amide bonds. The van der Waals surface area contributed by atoms with Crippen LogP contribution < -0.4 is 4.72 Å². The molecule has 0 unspecified atom stereocenters. The Hall–Kier alpha value is -1.41. The van der Waals surface area contributed by atoms with E-state index >= 15 is 0 Å². The number of anilines is 1. The van der Waals surface area contributed by atoms with E-state index < -0.39 is 10.0 Å². The first-order valence-corrected chi connectivity index (χ1v) is 8.76. The van der Waals surface area contributed by atoms with E-state index in [9.17, 15) is 13.2 Å². The number of ketones is 1. The average molecular weight is 415 g/mol. The molecule has 1 N–H and O–H groups in total. The fourth-order valence-corrected chi connectivity index (χ4v) is 3.36. The van der Waals surface area contributed by atoms with E-state index in [0.29, 0.717) is 11.3 Å². The predicted molar refractivity (Wildman–Crippen MR) is 91.2 cm³/mol. The first-order valence-electron chi connectivity index (χ1n) is 6.19. The summed E-state index contributed by atoms with van der Waals surface area (Å²) in [4.78, 5) is 11.4. The number of nitrogens with one attached hydrogen (secondary N) is 1. The van der Waals surface area contributed by atoms with Crippen LogP contribution in [0.15, 0.2) is 47.4 Å². The molecule has 0 bridgehead atoms. The Bertz CT molecular complexity index is 800. The van der Waals surface area contributed by atoms with Gasteiger partial charge in [-0.3, -0.25) is 9.52 Å². The summed E-state index contributed by atoms with van der Waals surface area (Å²) in [5, 5.41) is 0. The number of benzene rings is 2. The smallest absolute Gasteiger partial charge is 0.261 e. The van der Waals surface area contributed by atoms with E-state index in [1.54, 1.807) is 24.3 Å². The molecule has 0 saturated heterocycles. The van der Waals surface area contributed by atoms with Gasteiger partial charge in [0.2, 0.25) is 0 Å². The maximum absolute atomic E-state index is 12.3. The number of halogens is 1. The lowest BCUT2D eigenvalue weighted by molar-refractivity contribution is 0.101. The topological polar surface area (TPSA) is 63.2 Å². The fourth-order valence-electron chi connectivity index (χ4n) is 1.75. The predicted octanol–water partition coefficient (Wildman–Crippen LogP) is 3.60. The summed E-state index contributed by atoms with van der Waals surface area (Å²) in [6, 6.07) is 11.3. The van der Waals surface area contributed by atoms with Gasteiger partial charge in [-0.05, 0) is 66.3 Å². The van der Waals surface area contributed by atoms with Crippen molar-refractivity contribution >= 4 is 44.1 Å². The quantitative estimate of drug-likeness (QED) is 0.613. The summed E-state index contributed by atoms with van der Waals surface area (Å²) >= 11 is 2.15. The third-order valence-corrected chi connectivity index (χ3v) is 5.52. The Labute approximate surface area is 137 Å². The van der Waals surface area contributed by atoms with Gasteiger partial charge in [-0.15, -0.1) is 0 Å². The van der Waals surface area contributed by atoms with Crippen molar-refractivity contribution in [2.75, 3.05) is 4.72 Å². The van der Waals surface area contributed by atoms with E-state index in [-0.39, 0.29) is 10.7 Å². The molecular weight excluding hydrogens is 401 g/mol. The molecule has 0 fully saturated rings. The minimum Gasteiger partial charge on any atom is -0.295 e. The molecule has 2 aromatic carbocycles. The Morgan fingerprint density at radius 1 is 1.14 bits per heavy atom. The van der Waals surface area contributed by atoms with Crippen molar-refractivity contribution in [2.24, 2.45) is 0 Å². The first-order chi connectivity index (χ1) is 9.79. The van der Waals surface area contributed by atoms with Crippen molar-refractivity contribution in [2.45, 2.75) is 18.7 Å². The number of Topliss-reactive ketones (excluding diaryl/α,β-unsaturated/α-hetero) is 1. The molecule has 0 atom stereocenters. The van der Waals surface area contributed by atoms with Crippen molar-refractivity contribution < 1.29 is 13.2 Å². The highest BCUT2D eigenvalue weighted by Gasteiger charge is 2.15. The number of aryl methyl sites for hydroxylation is 1. The van der Waals surface area contributed by atoms with Crippen molar-refractivity contribution in [3.63, 3.8) is 0 Å². The largest absolute Gasteiger partial charge is 0.295 e. The summed E-state index contributed by atoms with van der Waals surface area (Å²) < 4.78 is 28.2. The van der Waals surface area contributed by atoms with Crippen LogP contribution in [0.3, 0.4) is 0 Å². The van der Waals surface area contributed by atoms with Gasteiger partial charge in [0.15, 0.2) is 5.78 Å². The zero-order valence-electron chi connectivity index (χ0n) is 11.6. The Kier molecular flexibility index (Phi) is 4.67. The lowest BCUT2D eigenvalue weighted by Gasteiger charge is -2.10. The molecule has 0 aliphatic carbocycles. The Morgan fingerprint density at radius 3 is 2.48 bits per heavy atom. The minimum absolute atomic E-state index is 0.0748. The number of carbonyl (C=O) groups excluding carboxylic acids is 1. The number of sulfonamides is 1. The van der Waals surface area contributed by atoms with Crippen LogP contribution in [0, 0.1) is 10.5 Å². The number of carbonyl (C=O) groups is 1. The van der Waals surface area contributed by atoms with Crippen molar-refractivity contribution in [3.05, 3.63) is 57.2 Å². The molecular formula is C15H14INO3S. The molecule has 4 nitrogen and oxygen atoms in total. The lowest BCUT2D eigenvalue weighted by atomic mass is 10.2. The van der Waals surface area contributed by atoms with Crippen LogP contribution >= 0.6 is 22.6 Å². The third kappa shape index (κ3) is 3.82. The highest BCUT2D eigenvalue weighted by atomic mass is 127. The summed E-state index contributed by atoms with van der Waals surface area (Å²) in [6.07, 6.45) is 0. The fraction of sp³-hybridized carbons (Fsp3) is 0.133.